The minimum atomic E-state index is 0.192. The molecule has 27 heavy (non-hydrogen) atoms. The fraction of sp³-hybridized carbons (Fsp3) is 0.364. The van der Waals surface area contributed by atoms with Crippen LogP contribution in [-0.2, 0) is 24.4 Å². The summed E-state index contributed by atoms with van der Waals surface area (Å²) in [5, 5.41) is 10.4. The quantitative estimate of drug-likeness (QED) is 0.732. The zero-order chi connectivity index (χ0) is 18.8. The SMILES string of the molecule is CCn1ncc(CN[C@@H]2CC(=O)N(Cc3cccc4ccccc34)C2)c1C. The van der Waals surface area contributed by atoms with Gasteiger partial charge in [-0.1, -0.05) is 42.5 Å². The number of hydrogen-bond acceptors (Lipinski definition) is 3. The van der Waals surface area contributed by atoms with E-state index < -0.39 is 0 Å². The van der Waals surface area contributed by atoms with Crippen molar-refractivity contribution < 1.29 is 4.79 Å². The molecule has 2 aromatic carbocycles. The number of benzene rings is 2. The molecule has 0 bridgehead atoms. The molecule has 4 rings (SSSR count). The second-order valence-corrected chi connectivity index (χ2v) is 7.27. The maximum Gasteiger partial charge on any atom is 0.224 e. The Kier molecular flexibility index (Phi) is 4.94. The molecule has 1 atom stereocenters. The predicted molar refractivity (Wildman–Crippen MR) is 107 cm³/mol. The van der Waals surface area contributed by atoms with Crippen LogP contribution in [0, 0.1) is 6.92 Å². The molecule has 0 radical (unpaired) electrons. The minimum absolute atomic E-state index is 0.192. The van der Waals surface area contributed by atoms with Crippen molar-refractivity contribution in [2.75, 3.05) is 6.54 Å². The number of rotatable bonds is 6. The van der Waals surface area contributed by atoms with Crippen molar-refractivity contribution in [3.63, 3.8) is 0 Å². The molecule has 5 heteroatoms. The number of aromatic nitrogens is 2. The molecule has 140 valence electrons. The molecule has 1 N–H and O–H groups in total. The van der Waals surface area contributed by atoms with Crippen molar-refractivity contribution in [2.45, 2.75) is 45.9 Å². The summed E-state index contributed by atoms with van der Waals surface area (Å²) in [7, 11) is 0. The fourth-order valence-corrected chi connectivity index (χ4v) is 3.93. The summed E-state index contributed by atoms with van der Waals surface area (Å²) in [5.41, 5.74) is 3.61. The van der Waals surface area contributed by atoms with E-state index in [1.165, 1.54) is 27.6 Å². The fourth-order valence-electron chi connectivity index (χ4n) is 3.93. The van der Waals surface area contributed by atoms with E-state index >= 15 is 0 Å². The highest BCUT2D eigenvalue weighted by Crippen LogP contribution is 2.22. The van der Waals surface area contributed by atoms with Crippen LogP contribution in [0.2, 0.25) is 0 Å². The van der Waals surface area contributed by atoms with Gasteiger partial charge < -0.3 is 10.2 Å². The third kappa shape index (κ3) is 3.60. The van der Waals surface area contributed by atoms with Gasteiger partial charge >= 0.3 is 0 Å². The molecular formula is C22H26N4O. The van der Waals surface area contributed by atoms with Crippen LogP contribution in [0.4, 0.5) is 0 Å². The molecule has 5 nitrogen and oxygen atoms in total. The van der Waals surface area contributed by atoms with E-state index in [2.05, 4.69) is 66.7 Å². The number of likely N-dealkylation sites (tertiary alicyclic amines) is 1. The molecule has 1 saturated heterocycles. The second-order valence-electron chi connectivity index (χ2n) is 7.27. The average Bonchev–Trinajstić information content (AvgIpc) is 3.22. The van der Waals surface area contributed by atoms with E-state index in [1.807, 2.05) is 15.8 Å². The van der Waals surface area contributed by atoms with E-state index in [9.17, 15) is 4.79 Å². The first-order chi connectivity index (χ1) is 13.2. The Labute approximate surface area is 160 Å². The zero-order valence-electron chi connectivity index (χ0n) is 16.0. The van der Waals surface area contributed by atoms with Gasteiger partial charge in [-0.3, -0.25) is 9.48 Å². The van der Waals surface area contributed by atoms with Crippen LogP contribution in [0.1, 0.15) is 30.2 Å². The monoisotopic (exact) mass is 362 g/mol. The lowest BCUT2D eigenvalue weighted by atomic mass is 10.0. The van der Waals surface area contributed by atoms with E-state index in [4.69, 9.17) is 0 Å². The molecular weight excluding hydrogens is 336 g/mol. The Balaban J connectivity index is 1.41. The normalized spacial score (nSPS) is 17.2. The van der Waals surface area contributed by atoms with Gasteiger partial charge in [-0.15, -0.1) is 0 Å². The van der Waals surface area contributed by atoms with E-state index in [0.717, 1.165) is 19.6 Å². The van der Waals surface area contributed by atoms with Crippen LogP contribution in [-0.4, -0.2) is 33.2 Å². The lowest BCUT2D eigenvalue weighted by Crippen LogP contribution is -2.32. The van der Waals surface area contributed by atoms with Crippen LogP contribution < -0.4 is 5.32 Å². The summed E-state index contributed by atoms with van der Waals surface area (Å²) in [6.45, 7) is 7.25. The van der Waals surface area contributed by atoms with Gasteiger partial charge in [0.1, 0.15) is 0 Å². The highest BCUT2D eigenvalue weighted by Gasteiger charge is 2.29. The van der Waals surface area contributed by atoms with Gasteiger partial charge in [-0.05, 0) is 30.2 Å². The third-order valence-electron chi connectivity index (χ3n) is 5.54. The summed E-state index contributed by atoms with van der Waals surface area (Å²) < 4.78 is 2.00. The summed E-state index contributed by atoms with van der Waals surface area (Å²) in [5.74, 6) is 0.224. The van der Waals surface area contributed by atoms with E-state index in [1.54, 1.807) is 0 Å². The minimum Gasteiger partial charge on any atom is -0.337 e. The molecule has 3 aromatic rings. The standard InChI is InChI=1S/C22H26N4O/c1-3-26-16(2)19(13-24-26)12-23-20-11-22(27)25(15-20)14-18-9-6-8-17-7-4-5-10-21(17)18/h4-10,13,20,23H,3,11-12,14-15H2,1-2H3/t20-/m1/s1. The van der Waals surface area contributed by atoms with Crippen LogP contribution >= 0.6 is 0 Å². The van der Waals surface area contributed by atoms with Crippen LogP contribution in [0.3, 0.4) is 0 Å². The third-order valence-corrected chi connectivity index (χ3v) is 5.54. The number of fused-ring (bicyclic) bond motifs is 1. The number of carbonyl (C=O) groups is 1. The van der Waals surface area contributed by atoms with Crippen LogP contribution in [0.15, 0.2) is 48.7 Å². The van der Waals surface area contributed by atoms with Crippen molar-refractivity contribution in [2.24, 2.45) is 0 Å². The number of carbonyl (C=O) groups excluding carboxylic acids is 1. The lowest BCUT2D eigenvalue weighted by Gasteiger charge is -2.18. The molecule has 1 aliphatic heterocycles. The van der Waals surface area contributed by atoms with Crippen molar-refractivity contribution in [1.29, 1.82) is 0 Å². The predicted octanol–water partition coefficient (Wildman–Crippen LogP) is 3.26. The van der Waals surface area contributed by atoms with Gasteiger partial charge in [0.25, 0.3) is 0 Å². The first-order valence-electron chi connectivity index (χ1n) is 9.64. The van der Waals surface area contributed by atoms with Gasteiger partial charge in [-0.2, -0.15) is 5.10 Å². The first kappa shape index (κ1) is 17.7. The molecule has 1 aromatic heterocycles. The molecule has 0 aliphatic carbocycles. The summed E-state index contributed by atoms with van der Waals surface area (Å²) in [4.78, 5) is 14.5. The molecule has 0 unspecified atom stereocenters. The van der Waals surface area contributed by atoms with Crippen molar-refractivity contribution in [1.82, 2.24) is 20.0 Å². The average molecular weight is 362 g/mol. The number of nitrogens with zero attached hydrogens (tertiary/aromatic N) is 3. The number of aryl methyl sites for hydroxylation is 1. The van der Waals surface area contributed by atoms with E-state index in [0.29, 0.717) is 13.0 Å². The molecule has 0 spiro atoms. The van der Waals surface area contributed by atoms with Crippen molar-refractivity contribution in [3.05, 3.63) is 65.5 Å². The topological polar surface area (TPSA) is 50.2 Å². The highest BCUT2D eigenvalue weighted by atomic mass is 16.2. The number of hydrogen-bond donors (Lipinski definition) is 1. The van der Waals surface area contributed by atoms with Gasteiger partial charge in [0.2, 0.25) is 5.91 Å². The van der Waals surface area contributed by atoms with Crippen molar-refractivity contribution >= 4 is 16.7 Å². The number of nitrogens with one attached hydrogen (secondary N) is 1. The summed E-state index contributed by atoms with van der Waals surface area (Å²) in [6.07, 6.45) is 2.49. The van der Waals surface area contributed by atoms with Crippen LogP contribution in [0.25, 0.3) is 10.8 Å². The largest absolute Gasteiger partial charge is 0.337 e. The second kappa shape index (κ2) is 7.53. The molecule has 1 aliphatic rings. The van der Waals surface area contributed by atoms with Crippen molar-refractivity contribution in [3.8, 4) is 0 Å². The summed E-state index contributed by atoms with van der Waals surface area (Å²) >= 11 is 0. The Bertz CT molecular complexity index is 957. The number of amides is 1. The van der Waals surface area contributed by atoms with Gasteiger partial charge in [-0.25, -0.2) is 0 Å². The first-order valence-corrected chi connectivity index (χ1v) is 9.64. The lowest BCUT2D eigenvalue weighted by molar-refractivity contribution is -0.128. The molecule has 1 amide bonds. The molecule has 2 heterocycles. The zero-order valence-corrected chi connectivity index (χ0v) is 16.0. The Morgan fingerprint density at radius 2 is 1.96 bits per heavy atom. The van der Waals surface area contributed by atoms with Crippen LogP contribution in [0.5, 0.6) is 0 Å². The van der Waals surface area contributed by atoms with Gasteiger partial charge in [0.05, 0.1) is 6.20 Å². The Morgan fingerprint density at radius 1 is 1.15 bits per heavy atom. The highest BCUT2D eigenvalue weighted by molar-refractivity contribution is 5.86. The Hall–Kier alpha value is -2.66. The summed E-state index contributed by atoms with van der Waals surface area (Å²) in [6, 6.07) is 14.9. The maximum atomic E-state index is 12.5. The molecule has 0 saturated carbocycles. The Morgan fingerprint density at radius 3 is 2.78 bits per heavy atom. The smallest absolute Gasteiger partial charge is 0.224 e. The van der Waals surface area contributed by atoms with E-state index in [-0.39, 0.29) is 11.9 Å². The van der Waals surface area contributed by atoms with Gasteiger partial charge in [0, 0.05) is 49.9 Å². The van der Waals surface area contributed by atoms with Gasteiger partial charge in [0.15, 0.2) is 0 Å². The maximum absolute atomic E-state index is 12.5. The molecule has 1 fully saturated rings.